The van der Waals surface area contributed by atoms with Crippen molar-refractivity contribution in [3.05, 3.63) is 66.5 Å². The fourth-order valence-corrected chi connectivity index (χ4v) is 1.72. The smallest absolute Gasteiger partial charge is 0.343 e. The van der Waals surface area contributed by atoms with Gasteiger partial charge in [-0.15, -0.1) is 0 Å². The molecule has 0 spiro atoms. The van der Waals surface area contributed by atoms with E-state index in [0.29, 0.717) is 5.56 Å². The summed E-state index contributed by atoms with van der Waals surface area (Å²) in [7, 11) is 0. The first-order valence-corrected chi connectivity index (χ1v) is 6.03. The molecule has 3 nitrogen and oxygen atoms in total. The second kappa shape index (κ2) is 5.96. The molecular weight excluding hydrogens is 226 g/mol. The lowest BCUT2D eigenvalue weighted by Gasteiger charge is -2.11. The Balaban J connectivity index is 2.10. The summed E-state index contributed by atoms with van der Waals surface area (Å²) < 4.78 is 7.39. The van der Waals surface area contributed by atoms with Crippen LogP contribution in [-0.2, 0) is 4.74 Å². The summed E-state index contributed by atoms with van der Waals surface area (Å²) in [4.78, 5) is 12.0. The molecule has 1 unspecified atom stereocenters. The minimum atomic E-state index is -0.293. The van der Waals surface area contributed by atoms with Gasteiger partial charge in [-0.3, -0.25) is 0 Å². The summed E-state index contributed by atoms with van der Waals surface area (Å²) in [5.74, 6) is -0.293. The zero-order valence-electron chi connectivity index (χ0n) is 10.3. The van der Waals surface area contributed by atoms with Crippen LogP contribution < -0.4 is 4.57 Å². The lowest BCUT2D eigenvalue weighted by atomic mass is 10.2. The molecule has 0 saturated heterocycles. The molecule has 18 heavy (non-hydrogen) atoms. The average Bonchev–Trinajstić information content (AvgIpc) is 2.46. The number of ether oxygens (including phenoxy) is 1. The monoisotopic (exact) mass is 242 g/mol. The molecule has 2 rings (SSSR count). The molecule has 0 aliphatic heterocycles. The number of aromatic nitrogens is 1. The van der Waals surface area contributed by atoms with Crippen molar-refractivity contribution in [1.29, 1.82) is 0 Å². The van der Waals surface area contributed by atoms with Crippen molar-refractivity contribution < 1.29 is 14.1 Å². The summed E-state index contributed by atoms with van der Waals surface area (Å²) in [6.07, 6.45) is 4.26. The molecule has 1 atom stereocenters. The van der Waals surface area contributed by atoms with Gasteiger partial charge in [-0.1, -0.05) is 31.2 Å². The predicted molar refractivity (Wildman–Crippen MR) is 67.8 cm³/mol. The van der Waals surface area contributed by atoms with E-state index in [0.717, 1.165) is 6.42 Å². The van der Waals surface area contributed by atoms with Crippen LogP contribution in [0.4, 0.5) is 0 Å². The van der Waals surface area contributed by atoms with Crippen LogP contribution in [0.3, 0.4) is 0 Å². The van der Waals surface area contributed by atoms with Crippen molar-refractivity contribution in [2.75, 3.05) is 0 Å². The minimum Gasteiger partial charge on any atom is -0.399 e. The van der Waals surface area contributed by atoms with Gasteiger partial charge in [0.15, 0.2) is 12.4 Å². The zero-order valence-corrected chi connectivity index (χ0v) is 10.3. The first-order valence-electron chi connectivity index (χ1n) is 6.03. The van der Waals surface area contributed by atoms with E-state index >= 15 is 0 Å². The van der Waals surface area contributed by atoms with Crippen molar-refractivity contribution in [3.63, 3.8) is 0 Å². The van der Waals surface area contributed by atoms with Gasteiger partial charge in [0.25, 0.3) is 0 Å². The van der Waals surface area contributed by atoms with E-state index in [1.807, 2.05) is 60.3 Å². The highest BCUT2D eigenvalue weighted by molar-refractivity contribution is 5.89. The lowest BCUT2D eigenvalue weighted by molar-refractivity contribution is -0.756. The van der Waals surface area contributed by atoms with Gasteiger partial charge in [0.1, 0.15) is 0 Å². The second-order valence-electron chi connectivity index (χ2n) is 3.96. The van der Waals surface area contributed by atoms with Crippen LogP contribution in [0.15, 0.2) is 60.9 Å². The van der Waals surface area contributed by atoms with E-state index in [4.69, 9.17) is 4.74 Å². The quantitative estimate of drug-likeness (QED) is 0.609. The molecule has 1 aromatic carbocycles. The van der Waals surface area contributed by atoms with Crippen molar-refractivity contribution in [1.82, 2.24) is 0 Å². The van der Waals surface area contributed by atoms with Gasteiger partial charge in [-0.05, 0) is 12.1 Å². The highest BCUT2D eigenvalue weighted by Gasteiger charge is 2.20. The van der Waals surface area contributed by atoms with Gasteiger partial charge < -0.3 is 4.74 Å². The van der Waals surface area contributed by atoms with Crippen molar-refractivity contribution >= 4 is 5.97 Å². The van der Waals surface area contributed by atoms with E-state index in [1.165, 1.54) is 0 Å². The van der Waals surface area contributed by atoms with E-state index in [2.05, 4.69) is 0 Å². The highest BCUT2D eigenvalue weighted by atomic mass is 16.6. The SMILES string of the molecule is CCC(OC(=O)c1ccccc1)[n+]1ccccc1. The normalized spacial score (nSPS) is 11.8. The molecule has 0 saturated carbocycles. The molecule has 0 amide bonds. The molecule has 0 aliphatic rings. The maximum Gasteiger partial charge on any atom is 0.343 e. The number of esters is 1. The first kappa shape index (κ1) is 12.3. The van der Waals surface area contributed by atoms with Gasteiger partial charge in [-0.2, -0.15) is 4.57 Å². The molecule has 1 aromatic heterocycles. The van der Waals surface area contributed by atoms with Crippen LogP contribution in [0.1, 0.15) is 29.9 Å². The van der Waals surface area contributed by atoms with Gasteiger partial charge in [0.2, 0.25) is 0 Å². The molecule has 0 N–H and O–H groups in total. The predicted octanol–water partition coefficient (Wildman–Crippen LogP) is 2.74. The maximum atomic E-state index is 12.0. The number of benzene rings is 1. The number of carbonyl (C=O) groups excluding carboxylic acids is 1. The van der Waals surface area contributed by atoms with E-state index in [1.54, 1.807) is 12.1 Å². The summed E-state index contributed by atoms with van der Waals surface area (Å²) >= 11 is 0. The largest absolute Gasteiger partial charge is 0.399 e. The van der Waals surface area contributed by atoms with Crippen LogP contribution in [0, 0.1) is 0 Å². The summed E-state index contributed by atoms with van der Waals surface area (Å²) in [5, 5.41) is 0. The summed E-state index contributed by atoms with van der Waals surface area (Å²) in [6.45, 7) is 1.99. The van der Waals surface area contributed by atoms with Crippen LogP contribution in [0.2, 0.25) is 0 Å². The fraction of sp³-hybridized carbons (Fsp3) is 0.200. The van der Waals surface area contributed by atoms with Crippen molar-refractivity contribution in [3.8, 4) is 0 Å². The van der Waals surface area contributed by atoms with Gasteiger partial charge in [0, 0.05) is 18.6 Å². The van der Waals surface area contributed by atoms with E-state index in [-0.39, 0.29) is 12.2 Å². The number of hydrogen-bond acceptors (Lipinski definition) is 2. The Labute approximate surface area is 107 Å². The van der Waals surface area contributed by atoms with Crippen LogP contribution in [0.5, 0.6) is 0 Å². The molecule has 3 heteroatoms. The van der Waals surface area contributed by atoms with Crippen molar-refractivity contribution in [2.45, 2.75) is 19.6 Å². The minimum absolute atomic E-state index is 0.265. The Hall–Kier alpha value is -2.16. The number of pyridine rings is 1. The highest BCUT2D eigenvalue weighted by Crippen LogP contribution is 2.09. The van der Waals surface area contributed by atoms with Gasteiger partial charge in [0.05, 0.1) is 5.56 Å². The number of hydrogen-bond donors (Lipinski definition) is 0. The Bertz CT molecular complexity index is 496. The van der Waals surface area contributed by atoms with Crippen LogP contribution >= 0.6 is 0 Å². The Morgan fingerprint density at radius 2 is 1.72 bits per heavy atom. The van der Waals surface area contributed by atoms with Crippen molar-refractivity contribution in [2.24, 2.45) is 0 Å². The Kier molecular flexibility index (Phi) is 4.07. The molecule has 0 fully saturated rings. The second-order valence-corrected chi connectivity index (χ2v) is 3.96. The average molecular weight is 242 g/mol. The summed E-state index contributed by atoms with van der Waals surface area (Å²) in [5.41, 5.74) is 0.576. The number of nitrogens with zero attached hydrogens (tertiary/aromatic N) is 1. The molecule has 0 aliphatic carbocycles. The summed E-state index contributed by atoms with van der Waals surface area (Å²) in [6, 6.07) is 14.8. The Morgan fingerprint density at radius 1 is 1.11 bits per heavy atom. The molecule has 1 heterocycles. The van der Waals surface area contributed by atoms with Gasteiger partial charge >= 0.3 is 12.2 Å². The van der Waals surface area contributed by atoms with Gasteiger partial charge in [-0.25, -0.2) is 4.79 Å². The lowest BCUT2D eigenvalue weighted by Crippen LogP contribution is -2.40. The molecule has 2 aromatic rings. The third kappa shape index (κ3) is 2.94. The topological polar surface area (TPSA) is 30.2 Å². The Morgan fingerprint density at radius 3 is 2.33 bits per heavy atom. The van der Waals surface area contributed by atoms with E-state index in [9.17, 15) is 4.79 Å². The zero-order chi connectivity index (χ0) is 12.8. The standard InChI is InChI=1S/C15H16NO2/c1-2-14(16-11-7-4-8-12-16)18-15(17)13-9-5-3-6-10-13/h3-12,14H,2H2,1H3/q+1. The van der Waals surface area contributed by atoms with Crippen LogP contribution in [0.25, 0.3) is 0 Å². The third-order valence-electron chi connectivity index (χ3n) is 2.67. The molecule has 0 radical (unpaired) electrons. The number of rotatable bonds is 4. The van der Waals surface area contributed by atoms with Crippen LogP contribution in [-0.4, -0.2) is 5.97 Å². The molecule has 0 bridgehead atoms. The molecule has 92 valence electrons. The fourth-order valence-electron chi connectivity index (χ4n) is 1.72. The maximum absolute atomic E-state index is 12.0. The molecular formula is C15H16NO2+. The number of carbonyl (C=O) groups is 1. The first-order chi connectivity index (χ1) is 8.81. The van der Waals surface area contributed by atoms with E-state index < -0.39 is 0 Å². The third-order valence-corrected chi connectivity index (χ3v) is 2.67.